The Morgan fingerprint density at radius 1 is 1.32 bits per heavy atom. The van der Waals surface area contributed by atoms with E-state index < -0.39 is 0 Å². The molecule has 0 bridgehead atoms. The normalized spacial score (nSPS) is 19.4. The van der Waals surface area contributed by atoms with Gasteiger partial charge in [-0.3, -0.25) is 4.79 Å². The molecule has 0 aromatic heterocycles. The number of amides is 1. The third-order valence-corrected chi connectivity index (χ3v) is 4.14. The van der Waals surface area contributed by atoms with Crippen LogP contribution in [0.2, 0.25) is 0 Å². The summed E-state index contributed by atoms with van der Waals surface area (Å²) in [6.45, 7) is 4.13. The zero-order chi connectivity index (χ0) is 14.3. The van der Waals surface area contributed by atoms with E-state index in [-0.39, 0.29) is 17.4 Å². The van der Waals surface area contributed by atoms with Crippen LogP contribution in [0, 0.1) is 5.41 Å². The minimum atomic E-state index is -0.351. The van der Waals surface area contributed by atoms with Crippen molar-refractivity contribution in [3.05, 3.63) is 0 Å². The lowest BCUT2D eigenvalue weighted by atomic mass is 9.84. The summed E-state index contributed by atoms with van der Waals surface area (Å²) < 4.78 is 10.3. The van der Waals surface area contributed by atoms with Crippen molar-refractivity contribution in [3.8, 4) is 0 Å². The van der Waals surface area contributed by atoms with Gasteiger partial charge in [0.05, 0.1) is 24.7 Å². The first-order valence-electron chi connectivity index (χ1n) is 7.10. The maximum Gasteiger partial charge on any atom is 0.230 e. The number of nitrogens with two attached hydrogens (primary N) is 1. The number of rotatable bonds is 8. The van der Waals surface area contributed by atoms with Crippen molar-refractivity contribution in [1.82, 2.24) is 4.90 Å². The molecule has 0 spiro atoms. The summed E-state index contributed by atoms with van der Waals surface area (Å²) in [7, 11) is 3.31. The Kier molecular flexibility index (Phi) is 6.75. The molecular formula is C14H28N2O3. The molecule has 2 N–H and O–H groups in total. The van der Waals surface area contributed by atoms with Crippen LogP contribution in [0.4, 0.5) is 0 Å². The summed E-state index contributed by atoms with van der Waals surface area (Å²) in [5.74, 6) is 0.175. The fourth-order valence-corrected chi connectivity index (χ4v) is 2.90. The minimum Gasteiger partial charge on any atom is -0.383 e. The lowest BCUT2D eigenvalue weighted by Crippen LogP contribution is -2.52. The second kappa shape index (κ2) is 7.82. The lowest BCUT2D eigenvalue weighted by Gasteiger charge is -2.37. The summed E-state index contributed by atoms with van der Waals surface area (Å²) in [6, 6.07) is 0.0525. The fourth-order valence-electron chi connectivity index (χ4n) is 2.90. The van der Waals surface area contributed by atoms with Crippen LogP contribution in [-0.2, 0) is 14.3 Å². The predicted octanol–water partition coefficient (Wildman–Crippen LogP) is 1.02. The molecule has 0 aromatic rings. The van der Waals surface area contributed by atoms with E-state index in [0.717, 1.165) is 25.7 Å². The molecular weight excluding hydrogens is 244 g/mol. The van der Waals surface area contributed by atoms with Crippen LogP contribution < -0.4 is 5.73 Å². The van der Waals surface area contributed by atoms with Gasteiger partial charge in [-0.25, -0.2) is 0 Å². The summed E-state index contributed by atoms with van der Waals surface area (Å²) >= 11 is 0. The number of ether oxygens (including phenoxy) is 2. The first-order chi connectivity index (χ1) is 9.11. The van der Waals surface area contributed by atoms with E-state index in [9.17, 15) is 4.79 Å². The molecule has 1 amide bonds. The number of methoxy groups -OCH3 is 2. The summed E-state index contributed by atoms with van der Waals surface area (Å²) in [5, 5.41) is 0. The van der Waals surface area contributed by atoms with Gasteiger partial charge in [-0.2, -0.15) is 0 Å². The van der Waals surface area contributed by atoms with Gasteiger partial charge in [-0.05, 0) is 19.8 Å². The Bertz CT molecular complexity index is 278. The van der Waals surface area contributed by atoms with Crippen molar-refractivity contribution in [2.45, 2.75) is 38.6 Å². The Morgan fingerprint density at radius 2 is 1.95 bits per heavy atom. The van der Waals surface area contributed by atoms with E-state index in [1.54, 1.807) is 14.2 Å². The van der Waals surface area contributed by atoms with E-state index in [1.807, 2.05) is 11.8 Å². The van der Waals surface area contributed by atoms with Crippen LogP contribution in [0.1, 0.15) is 32.6 Å². The summed E-state index contributed by atoms with van der Waals surface area (Å²) in [4.78, 5) is 14.7. The van der Waals surface area contributed by atoms with Gasteiger partial charge in [-0.1, -0.05) is 12.8 Å². The number of hydrogen-bond donors (Lipinski definition) is 1. The number of carbonyl (C=O) groups is 1. The van der Waals surface area contributed by atoms with E-state index in [2.05, 4.69) is 0 Å². The smallest absolute Gasteiger partial charge is 0.230 e. The first-order valence-corrected chi connectivity index (χ1v) is 7.10. The fraction of sp³-hybridized carbons (Fsp3) is 0.929. The molecule has 5 nitrogen and oxygen atoms in total. The van der Waals surface area contributed by atoms with E-state index in [1.165, 1.54) is 0 Å². The minimum absolute atomic E-state index is 0.0525. The molecule has 1 fully saturated rings. The van der Waals surface area contributed by atoms with Crippen molar-refractivity contribution in [2.24, 2.45) is 11.1 Å². The lowest BCUT2D eigenvalue weighted by molar-refractivity contribution is -0.145. The highest BCUT2D eigenvalue weighted by Gasteiger charge is 2.43. The topological polar surface area (TPSA) is 64.8 Å². The van der Waals surface area contributed by atoms with Crippen LogP contribution in [0.25, 0.3) is 0 Å². The molecule has 19 heavy (non-hydrogen) atoms. The zero-order valence-electron chi connectivity index (χ0n) is 12.5. The molecule has 112 valence electrons. The zero-order valence-corrected chi connectivity index (χ0v) is 12.5. The average molecular weight is 272 g/mol. The van der Waals surface area contributed by atoms with Crippen LogP contribution >= 0.6 is 0 Å². The van der Waals surface area contributed by atoms with Gasteiger partial charge in [0, 0.05) is 27.3 Å². The molecule has 1 saturated carbocycles. The maximum absolute atomic E-state index is 12.9. The van der Waals surface area contributed by atoms with Gasteiger partial charge >= 0.3 is 0 Å². The van der Waals surface area contributed by atoms with E-state index in [4.69, 9.17) is 15.2 Å². The Balaban J connectivity index is 2.79. The van der Waals surface area contributed by atoms with Gasteiger partial charge in [-0.15, -0.1) is 0 Å². The first kappa shape index (κ1) is 16.4. The molecule has 1 aliphatic carbocycles. The molecule has 5 heteroatoms. The van der Waals surface area contributed by atoms with Crippen molar-refractivity contribution in [1.29, 1.82) is 0 Å². The molecule has 0 aliphatic heterocycles. The van der Waals surface area contributed by atoms with Gasteiger partial charge in [0.1, 0.15) is 0 Å². The van der Waals surface area contributed by atoms with Crippen LogP contribution in [-0.4, -0.2) is 57.4 Å². The van der Waals surface area contributed by atoms with Gasteiger partial charge in [0.2, 0.25) is 5.91 Å². The molecule has 1 aliphatic rings. The highest BCUT2D eigenvalue weighted by molar-refractivity contribution is 5.83. The van der Waals surface area contributed by atoms with Crippen LogP contribution in [0.5, 0.6) is 0 Å². The highest BCUT2D eigenvalue weighted by Crippen LogP contribution is 2.39. The van der Waals surface area contributed by atoms with Crippen LogP contribution in [0.3, 0.4) is 0 Å². The third kappa shape index (κ3) is 3.91. The molecule has 0 radical (unpaired) electrons. The summed E-state index contributed by atoms with van der Waals surface area (Å²) in [6.07, 6.45) is 4.01. The molecule has 1 rings (SSSR count). The average Bonchev–Trinajstić information content (AvgIpc) is 2.89. The summed E-state index contributed by atoms with van der Waals surface area (Å²) in [5.41, 5.74) is 5.55. The van der Waals surface area contributed by atoms with Crippen molar-refractivity contribution >= 4 is 5.91 Å². The van der Waals surface area contributed by atoms with Crippen molar-refractivity contribution in [3.63, 3.8) is 0 Å². The van der Waals surface area contributed by atoms with E-state index >= 15 is 0 Å². The van der Waals surface area contributed by atoms with E-state index in [0.29, 0.717) is 26.3 Å². The quantitative estimate of drug-likeness (QED) is 0.716. The van der Waals surface area contributed by atoms with Gasteiger partial charge in [0.15, 0.2) is 0 Å². The monoisotopic (exact) mass is 272 g/mol. The Morgan fingerprint density at radius 3 is 2.42 bits per heavy atom. The van der Waals surface area contributed by atoms with Crippen molar-refractivity contribution in [2.75, 3.05) is 40.5 Å². The molecule has 0 aromatic carbocycles. The number of hydrogen-bond acceptors (Lipinski definition) is 4. The number of carbonyl (C=O) groups excluding carboxylic acids is 1. The molecule has 1 unspecified atom stereocenters. The predicted molar refractivity (Wildman–Crippen MR) is 74.9 cm³/mol. The highest BCUT2D eigenvalue weighted by atomic mass is 16.5. The standard InChI is InChI=1S/C14H28N2O3/c1-12(10-19-3)16(8-9-18-2)13(17)14(11-15)6-4-5-7-14/h12H,4-11,15H2,1-3H3. The largest absolute Gasteiger partial charge is 0.383 e. The molecule has 0 heterocycles. The van der Waals surface area contributed by atoms with Crippen molar-refractivity contribution < 1.29 is 14.3 Å². The molecule has 0 saturated heterocycles. The van der Waals surface area contributed by atoms with Crippen LogP contribution in [0.15, 0.2) is 0 Å². The van der Waals surface area contributed by atoms with Gasteiger partial charge < -0.3 is 20.1 Å². The Labute approximate surface area is 116 Å². The second-order valence-corrected chi connectivity index (χ2v) is 5.49. The SMILES string of the molecule is COCCN(C(=O)C1(CN)CCCC1)C(C)COC. The second-order valence-electron chi connectivity index (χ2n) is 5.49. The Hall–Kier alpha value is -0.650. The third-order valence-electron chi connectivity index (χ3n) is 4.14. The number of nitrogens with zero attached hydrogens (tertiary/aromatic N) is 1. The van der Waals surface area contributed by atoms with Gasteiger partial charge in [0.25, 0.3) is 0 Å². The maximum atomic E-state index is 12.9. The molecule has 1 atom stereocenters.